The number of anilines is 1. The predicted molar refractivity (Wildman–Crippen MR) is 107 cm³/mol. The van der Waals surface area contributed by atoms with Crippen molar-refractivity contribution in [2.75, 3.05) is 39.3 Å². The average molecular weight is 386 g/mol. The fraction of sp³-hybridized carbons (Fsp3) is 0.333. The zero-order chi connectivity index (χ0) is 20.5. The van der Waals surface area contributed by atoms with Crippen LogP contribution in [-0.4, -0.2) is 46.2 Å². The number of ether oxygens (including phenoxy) is 3. The van der Waals surface area contributed by atoms with Crippen molar-refractivity contribution in [1.29, 1.82) is 0 Å². The SMILES string of the molecule is COc1ccc(CC(=O)NCCN(C(C)=O)c2ccc(OC)cc2OC)cc1. The molecule has 0 unspecified atom stereocenters. The van der Waals surface area contributed by atoms with E-state index >= 15 is 0 Å². The van der Waals surface area contributed by atoms with Gasteiger partial charge in [0, 0.05) is 26.1 Å². The summed E-state index contributed by atoms with van der Waals surface area (Å²) < 4.78 is 15.7. The van der Waals surface area contributed by atoms with Gasteiger partial charge in [-0.15, -0.1) is 0 Å². The van der Waals surface area contributed by atoms with Gasteiger partial charge in [-0.1, -0.05) is 12.1 Å². The Morgan fingerprint density at radius 3 is 2.14 bits per heavy atom. The normalized spacial score (nSPS) is 10.1. The van der Waals surface area contributed by atoms with E-state index in [0.717, 1.165) is 11.3 Å². The molecule has 150 valence electrons. The van der Waals surface area contributed by atoms with Crippen LogP contribution in [0.1, 0.15) is 12.5 Å². The first kappa shape index (κ1) is 21.1. The number of hydrogen-bond donors (Lipinski definition) is 1. The van der Waals surface area contributed by atoms with Crippen molar-refractivity contribution in [3.63, 3.8) is 0 Å². The van der Waals surface area contributed by atoms with E-state index in [-0.39, 0.29) is 18.2 Å². The van der Waals surface area contributed by atoms with Crippen molar-refractivity contribution < 1.29 is 23.8 Å². The molecular weight excluding hydrogens is 360 g/mol. The Morgan fingerprint density at radius 2 is 1.57 bits per heavy atom. The highest BCUT2D eigenvalue weighted by atomic mass is 16.5. The highest BCUT2D eigenvalue weighted by Gasteiger charge is 2.17. The van der Waals surface area contributed by atoms with Crippen molar-refractivity contribution in [1.82, 2.24) is 5.32 Å². The van der Waals surface area contributed by atoms with Gasteiger partial charge in [0.05, 0.1) is 33.4 Å². The van der Waals surface area contributed by atoms with Crippen LogP contribution in [0.15, 0.2) is 42.5 Å². The highest BCUT2D eigenvalue weighted by molar-refractivity contribution is 5.93. The van der Waals surface area contributed by atoms with Crippen LogP contribution in [0, 0.1) is 0 Å². The fourth-order valence-corrected chi connectivity index (χ4v) is 2.75. The zero-order valence-electron chi connectivity index (χ0n) is 16.7. The van der Waals surface area contributed by atoms with Crippen LogP contribution < -0.4 is 24.4 Å². The molecule has 2 amide bonds. The molecule has 28 heavy (non-hydrogen) atoms. The monoisotopic (exact) mass is 386 g/mol. The third-order valence-corrected chi connectivity index (χ3v) is 4.24. The number of hydrogen-bond acceptors (Lipinski definition) is 5. The lowest BCUT2D eigenvalue weighted by atomic mass is 10.1. The van der Waals surface area contributed by atoms with Gasteiger partial charge in [-0.3, -0.25) is 9.59 Å². The molecular formula is C21H26N2O5. The van der Waals surface area contributed by atoms with Crippen LogP contribution in [0.2, 0.25) is 0 Å². The van der Waals surface area contributed by atoms with E-state index in [9.17, 15) is 9.59 Å². The third kappa shape index (κ3) is 5.64. The molecule has 0 aliphatic rings. The smallest absolute Gasteiger partial charge is 0.224 e. The van der Waals surface area contributed by atoms with Gasteiger partial charge in [0.15, 0.2) is 0 Å². The Kier molecular flexibility index (Phi) is 7.68. The van der Waals surface area contributed by atoms with Crippen molar-refractivity contribution in [2.45, 2.75) is 13.3 Å². The fourth-order valence-electron chi connectivity index (χ4n) is 2.75. The van der Waals surface area contributed by atoms with Crippen molar-refractivity contribution in [3.05, 3.63) is 48.0 Å². The summed E-state index contributed by atoms with van der Waals surface area (Å²) >= 11 is 0. The van der Waals surface area contributed by atoms with Crippen LogP contribution in [0.25, 0.3) is 0 Å². The molecule has 0 bridgehead atoms. The molecule has 0 aliphatic heterocycles. The first-order valence-corrected chi connectivity index (χ1v) is 8.88. The van der Waals surface area contributed by atoms with E-state index in [1.54, 1.807) is 37.3 Å². The Labute approximate surface area is 165 Å². The first-order valence-electron chi connectivity index (χ1n) is 8.88. The molecule has 7 nitrogen and oxygen atoms in total. The Bertz CT molecular complexity index is 805. The molecule has 0 aromatic heterocycles. The molecule has 0 fully saturated rings. The summed E-state index contributed by atoms with van der Waals surface area (Å²) in [7, 11) is 4.70. The van der Waals surface area contributed by atoms with Gasteiger partial charge in [0.1, 0.15) is 17.2 Å². The van der Waals surface area contributed by atoms with Crippen LogP contribution >= 0.6 is 0 Å². The average Bonchev–Trinajstić information content (AvgIpc) is 2.71. The van der Waals surface area contributed by atoms with Crippen molar-refractivity contribution >= 4 is 17.5 Å². The number of nitrogens with one attached hydrogen (secondary N) is 1. The number of carbonyl (C=O) groups is 2. The van der Waals surface area contributed by atoms with Gasteiger partial charge in [0.2, 0.25) is 11.8 Å². The summed E-state index contributed by atoms with van der Waals surface area (Å²) in [5.41, 5.74) is 1.51. The van der Waals surface area contributed by atoms with Gasteiger partial charge in [-0.2, -0.15) is 0 Å². The Balaban J connectivity index is 1.96. The van der Waals surface area contributed by atoms with Crippen molar-refractivity contribution in [2.24, 2.45) is 0 Å². The van der Waals surface area contributed by atoms with Crippen LogP contribution in [0.4, 0.5) is 5.69 Å². The second kappa shape index (κ2) is 10.2. The second-order valence-corrected chi connectivity index (χ2v) is 6.08. The van der Waals surface area contributed by atoms with E-state index in [1.165, 1.54) is 14.0 Å². The molecule has 0 radical (unpaired) electrons. The Hall–Kier alpha value is -3.22. The van der Waals surface area contributed by atoms with Gasteiger partial charge < -0.3 is 24.4 Å². The number of benzene rings is 2. The largest absolute Gasteiger partial charge is 0.497 e. The van der Waals surface area contributed by atoms with Crippen LogP contribution in [-0.2, 0) is 16.0 Å². The molecule has 2 aromatic rings. The van der Waals surface area contributed by atoms with Gasteiger partial charge in [-0.05, 0) is 29.8 Å². The number of carbonyl (C=O) groups excluding carboxylic acids is 2. The van der Waals surface area contributed by atoms with E-state index in [2.05, 4.69) is 5.32 Å². The lowest BCUT2D eigenvalue weighted by Gasteiger charge is -2.23. The topological polar surface area (TPSA) is 77.1 Å². The standard InChI is InChI=1S/C21H26N2O5/c1-15(24)23(19-10-9-18(27-3)14-20(19)28-4)12-11-22-21(25)13-16-5-7-17(26-2)8-6-16/h5-10,14H,11-13H2,1-4H3,(H,22,25). The van der Waals surface area contributed by atoms with Gasteiger partial charge in [0.25, 0.3) is 0 Å². The molecule has 0 saturated carbocycles. The summed E-state index contributed by atoms with van der Waals surface area (Å²) in [6.07, 6.45) is 0.260. The Morgan fingerprint density at radius 1 is 0.929 bits per heavy atom. The van der Waals surface area contributed by atoms with E-state index in [4.69, 9.17) is 14.2 Å². The minimum atomic E-state index is -0.145. The molecule has 2 rings (SSSR count). The molecule has 0 atom stereocenters. The summed E-state index contributed by atoms with van der Waals surface area (Å²) in [5, 5.41) is 2.85. The number of methoxy groups -OCH3 is 3. The van der Waals surface area contributed by atoms with Crippen LogP contribution in [0.3, 0.4) is 0 Å². The minimum Gasteiger partial charge on any atom is -0.497 e. The molecule has 0 spiro atoms. The summed E-state index contributed by atoms with van der Waals surface area (Å²) in [5.74, 6) is 1.65. The maximum atomic E-state index is 12.2. The lowest BCUT2D eigenvalue weighted by Crippen LogP contribution is -2.38. The molecule has 0 saturated heterocycles. The predicted octanol–water partition coefficient (Wildman–Crippen LogP) is 2.42. The third-order valence-electron chi connectivity index (χ3n) is 4.24. The summed E-state index contributed by atoms with van der Waals surface area (Å²) in [6, 6.07) is 12.6. The van der Waals surface area contributed by atoms with Gasteiger partial charge >= 0.3 is 0 Å². The van der Waals surface area contributed by atoms with Crippen molar-refractivity contribution in [3.8, 4) is 17.2 Å². The van der Waals surface area contributed by atoms with E-state index in [1.807, 2.05) is 24.3 Å². The maximum absolute atomic E-state index is 12.2. The molecule has 1 N–H and O–H groups in total. The van der Waals surface area contributed by atoms with E-state index in [0.29, 0.717) is 30.3 Å². The molecule has 0 aliphatic carbocycles. The molecule has 7 heteroatoms. The quantitative estimate of drug-likeness (QED) is 0.716. The first-order chi connectivity index (χ1) is 13.5. The highest BCUT2D eigenvalue weighted by Crippen LogP contribution is 2.32. The molecule has 2 aromatic carbocycles. The number of rotatable bonds is 9. The summed E-state index contributed by atoms with van der Waals surface area (Å²) in [4.78, 5) is 25.8. The minimum absolute atomic E-state index is 0.115. The van der Waals surface area contributed by atoms with E-state index < -0.39 is 0 Å². The second-order valence-electron chi connectivity index (χ2n) is 6.08. The number of nitrogens with zero attached hydrogens (tertiary/aromatic N) is 1. The van der Waals surface area contributed by atoms with Gasteiger partial charge in [-0.25, -0.2) is 0 Å². The van der Waals surface area contributed by atoms with Crippen LogP contribution in [0.5, 0.6) is 17.2 Å². The maximum Gasteiger partial charge on any atom is 0.224 e. The lowest BCUT2D eigenvalue weighted by molar-refractivity contribution is -0.121. The number of amides is 2. The summed E-state index contributed by atoms with van der Waals surface area (Å²) in [6.45, 7) is 2.12. The zero-order valence-corrected chi connectivity index (χ0v) is 16.7. The molecule has 0 heterocycles.